The molecule has 150 valence electrons. The zero-order chi connectivity index (χ0) is 20.3. The van der Waals surface area contributed by atoms with Crippen molar-refractivity contribution in [1.82, 2.24) is 15.0 Å². The van der Waals surface area contributed by atoms with Crippen molar-refractivity contribution in [3.8, 4) is 10.4 Å². The molecule has 0 bridgehead atoms. The normalized spacial score (nSPS) is 11.5. The second-order valence-corrected chi connectivity index (χ2v) is 8.20. The summed E-state index contributed by atoms with van der Waals surface area (Å²) in [5.74, 6) is 1.40. The summed E-state index contributed by atoms with van der Waals surface area (Å²) in [6.45, 7) is 1.32. The first kappa shape index (κ1) is 18.8. The Kier molecular flexibility index (Phi) is 5.17. The van der Waals surface area contributed by atoms with E-state index in [1.54, 1.807) is 11.3 Å². The maximum Gasteiger partial charge on any atom is 0.150 e. The van der Waals surface area contributed by atoms with Crippen molar-refractivity contribution in [2.45, 2.75) is 19.4 Å². The van der Waals surface area contributed by atoms with E-state index in [1.165, 1.54) is 10.4 Å². The van der Waals surface area contributed by atoms with E-state index in [2.05, 4.69) is 57.8 Å². The summed E-state index contributed by atoms with van der Waals surface area (Å²) < 4.78 is 5.78. The fourth-order valence-corrected chi connectivity index (χ4v) is 4.36. The largest absolute Gasteiger partial charge is 0.382 e. The second-order valence-electron chi connectivity index (χ2n) is 7.26. The minimum Gasteiger partial charge on any atom is -0.382 e. The molecule has 3 heterocycles. The third-order valence-corrected chi connectivity index (χ3v) is 6.04. The lowest BCUT2D eigenvalue weighted by Crippen LogP contribution is -1.98. The summed E-state index contributed by atoms with van der Waals surface area (Å²) >= 11 is 1.72. The molecule has 0 amide bonds. The van der Waals surface area contributed by atoms with E-state index in [0.29, 0.717) is 19.0 Å². The summed E-state index contributed by atoms with van der Waals surface area (Å²) in [7, 11) is 0. The van der Waals surface area contributed by atoms with E-state index < -0.39 is 0 Å². The first-order valence-electron chi connectivity index (χ1n) is 10.0. The van der Waals surface area contributed by atoms with Gasteiger partial charge in [0.05, 0.1) is 12.1 Å². The van der Waals surface area contributed by atoms with Crippen LogP contribution in [0, 0.1) is 0 Å². The third-order valence-electron chi connectivity index (χ3n) is 5.12. The minimum absolute atomic E-state index is 0.486. The van der Waals surface area contributed by atoms with Crippen molar-refractivity contribution < 1.29 is 4.74 Å². The van der Waals surface area contributed by atoms with Crippen LogP contribution in [0.1, 0.15) is 17.8 Å². The predicted molar refractivity (Wildman–Crippen MR) is 124 cm³/mol. The summed E-state index contributed by atoms with van der Waals surface area (Å²) in [4.78, 5) is 14.0. The highest BCUT2D eigenvalue weighted by atomic mass is 32.1. The zero-order valence-corrected chi connectivity index (χ0v) is 17.3. The van der Waals surface area contributed by atoms with Gasteiger partial charge in [0.1, 0.15) is 22.7 Å². The highest BCUT2D eigenvalue weighted by molar-refractivity contribution is 7.13. The van der Waals surface area contributed by atoms with Crippen LogP contribution in [0.2, 0.25) is 0 Å². The summed E-state index contributed by atoms with van der Waals surface area (Å²) in [5, 5.41) is 3.09. The quantitative estimate of drug-likeness (QED) is 0.341. The molecule has 5 aromatic rings. The van der Waals surface area contributed by atoms with Gasteiger partial charge in [0, 0.05) is 23.3 Å². The Morgan fingerprint density at radius 3 is 2.73 bits per heavy atom. The van der Waals surface area contributed by atoms with E-state index in [4.69, 9.17) is 15.5 Å². The number of hydrogen-bond acceptors (Lipinski definition) is 5. The Bertz CT molecular complexity index is 1280. The van der Waals surface area contributed by atoms with Crippen LogP contribution in [0.3, 0.4) is 0 Å². The highest BCUT2D eigenvalue weighted by Gasteiger charge is 2.13. The van der Waals surface area contributed by atoms with Crippen LogP contribution >= 0.6 is 11.3 Å². The number of pyridine rings is 1. The number of nitrogen functional groups attached to an aromatic ring is 1. The van der Waals surface area contributed by atoms with Crippen molar-refractivity contribution >= 4 is 39.1 Å². The number of aromatic nitrogens is 3. The Balaban J connectivity index is 1.32. The van der Waals surface area contributed by atoms with E-state index in [1.807, 2.05) is 18.2 Å². The molecule has 0 aliphatic heterocycles. The maximum absolute atomic E-state index is 6.24. The molecular weight excluding hydrogens is 392 g/mol. The van der Waals surface area contributed by atoms with Crippen LogP contribution < -0.4 is 5.73 Å². The topological polar surface area (TPSA) is 76.8 Å². The number of nitrogens with one attached hydrogen (secondary N) is 1. The Morgan fingerprint density at radius 2 is 1.90 bits per heavy atom. The van der Waals surface area contributed by atoms with Gasteiger partial charge in [0.25, 0.3) is 0 Å². The summed E-state index contributed by atoms with van der Waals surface area (Å²) in [5.41, 5.74) is 11.1. The van der Waals surface area contributed by atoms with Crippen LogP contribution in [0.5, 0.6) is 0 Å². The average Bonchev–Trinajstić information content (AvgIpc) is 3.45. The molecule has 0 atom stereocenters. The second kappa shape index (κ2) is 8.26. The number of ether oxygens (including phenoxy) is 1. The van der Waals surface area contributed by atoms with Crippen LogP contribution in [0.4, 0.5) is 5.82 Å². The lowest BCUT2D eigenvalue weighted by Gasteiger charge is -2.04. The third kappa shape index (κ3) is 3.79. The van der Waals surface area contributed by atoms with Gasteiger partial charge in [-0.25, -0.2) is 9.97 Å². The molecule has 3 N–H and O–H groups in total. The number of benzene rings is 2. The molecule has 0 saturated carbocycles. The van der Waals surface area contributed by atoms with Crippen LogP contribution in [0.15, 0.2) is 66.0 Å². The van der Waals surface area contributed by atoms with Crippen molar-refractivity contribution in [2.75, 3.05) is 12.3 Å². The first-order valence-corrected chi connectivity index (χ1v) is 10.9. The van der Waals surface area contributed by atoms with Crippen molar-refractivity contribution in [2.24, 2.45) is 0 Å². The number of aryl methyl sites for hydroxylation is 1. The summed E-state index contributed by atoms with van der Waals surface area (Å²) in [6.07, 6.45) is 1.69. The first-order chi connectivity index (χ1) is 14.8. The van der Waals surface area contributed by atoms with Gasteiger partial charge >= 0.3 is 0 Å². The van der Waals surface area contributed by atoms with E-state index in [9.17, 15) is 0 Å². The van der Waals surface area contributed by atoms with Gasteiger partial charge in [-0.05, 0) is 41.1 Å². The lowest BCUT2D eigenvalue weighted by atomic mass is 10.1. The molecule has 5 nitrogen and oxygen atoms in total. The lowest BCUT2D eigenvalue weighted by molar-refractivity contribution is 0.118. The number of rotatable bonds is 7. The van der Waals surface area contributed by atoms with Gasteiger partial charge in [-0.1, -0.05) is 42.5 Å². The zero-order valence-electron chi connectivity index (χ0n) is 16.5. The number of imidazole rings is 1. The molecule has 0 aliphatic rings. The van der Waals surface area contributed by atoms with Crippen LogP contribution in [-0.2, 0) is 17.8 Å². The van der Waals surface area contributed by atoms with E-state index in [0.717, 1.165) is 46.2 Å². The standard InChI is InChI=1S/C24H22N4OS/c25-24-23-22(18-11-10-17(14-19(18)26-24)20-8-5-13-30-20)27-21(28-23)9-4-12-29-15-16-6-2-1-3-7-16/h1-3,5-8,10-11,13-14H,4,9,12,15H2,(H2,25,26)(H,27,28). The van der Waals surface area contributed by atoms with Crippen molar-refractivity contribution in [3.63, 3.8) is 0 Å². The molecule has 5 rings (SSSR count). The number of nitrogens with zero attached hydrogens (tertiary/aromatic N) is 2. The molecule has 0 saturated heterocycles. The average molecular weight is 415 g/mol. The molecule has 0 fully saturated rings. The number of H-pyrrole nitrogens is 1. The van der Waals surface area contributed by atoms with Gasteiger partial charge in [0.15, 0.2) is 0 Å². The van der Waals surface area contributed by atoms with Crippen molar-refractivity contribution in [1.29, 1.82) is 0 Å². The fourth-order valence-electron chi connectivity index (χ4n) is 3.63. The van der Waals surface area contributed by atoms with E-state index in [-0.39, 0.29) is 0 Å². The molecule has 0 radical (unpaired) electrons. The Labute approximate surface area is 178 Å². The Hall–Kier alpha value is -3.22. The van der Waals surface area contributed by atoms with Crippen LogP contribution in [-0.4, -0.2) is 21.6 Å². The molecule has 3 aromatic heterocycles. The molecule has 0 aliphatic carbocycles. The monoisotopic (exact) mass is 414 g/mol. The number of nitrogens with two attached hydrogens (primary N) is 1. The Morgan fingerprint density at radius 1 is 1.00 bits per heavy atom. The SMILES string of the molecule is Nc1nc2cc(-c3cccs3)ccc2c2nc(CCCOCc3ccccc3)[nH]c12. The number of thiophene rings is 1. The number of anilines is 1. The number of hydrogen-bond donors (Lipinski definition) is 2. The molecule has 0 unspecified atom stereocenters. The molecule has 6 heteroatoms. The number of fused-ring (bicyclic) bond motifs is 3. The van der Waals surface area contributed by atoms with Gasteiger partial charge in [-0.2, -0.15) is 0 Å². The maximum atomic E-state index is 6.24. The van der Waals surface area contributed by atoms with Gasteiger partial charge in [-0.15, -0.1) is 11.3 Å². The van der Waals surface area contributed by atoms with Crippen LogP contribution in [0.25, 0.3) is 32.4 Å². The molecule has 0 spiro atoms. The number of aromatic amines is 1. The van der Waals surface area contributed by atoms with Gasteiger partial charge in [0.2, 0.25) is 0 Å². The fraction of sp³-hybridized carbons (Fsp3) is 0.167. The van der Waals surface area contributed by atoms with Gasteiger partial charge in [-0.3, -0.25) is 0 Å². The molecular formula is C24H22N4OS. The highest BCUT2D eigenvalue weighted by Crippen LogP contribution is 2.31. The minimum atomic E-state index is 0.486. The van der Waals surface area contributed by atoms with E-state index >= 15 is 0 Å². The summed E-state index contributed by atoms with van der Waals surface area (Å²) in [6, 6.07) is 20.7. The predicted octanol–water partition coefficient (Wildman–Crippen LogP) is 5.57. The van der Waals surface area contributed by atoms with Gasteiger partial charge < -0.3 is 15.5 Å². The molecule has 30 heavy (non-hydrogen) atoms. The molecule has 2 aromatic carbocycles. The van der Waals surface area contributed by atoms with Crippen molar-refractivity contribution in [3.05, 3.63) is 77.4 Å². The smallest absolute Gasteiger partial charge is 0.150 e.